The van der Waals surface area contributed by atoms with Gasteiger partial charge in [0.2, 0.25) is 6.79 Å². The molecule has 4 heterocycles. The molecule has 16 heteroatoms. The van der Waals surface area contributed by atoms with E-state index in [9.17, 15) is 29.4 Å². The molecule has 10 atom stereocenters. The minimum atomic E-state index is -4.83. The predicted octanol–water partition coefficient (Wildman–Crippen LogP) is 0.436. The number of methoxy groups -OCH3 is 2. The fraction of sp³-hybridized carbons (Fsp3) is 0.552. The minimum absolute atomic E-state index is 0.0277. The quantitative estimate of drug-likeness (QED) is 0.247. The number of hydrogen-bond donors (Lipinski definition) is 4. The molecule has 2 aromatic rings. The molecule has 0 radical (unpaired) electrons. The third-order valence-corrected chi connectivity index (χ3v) is 10.1. The topological polar surface area (TPSA) is 198 Å². The van der Waals surface area contributed by atoms with Crippen molar-refractivity contribution >= 4 is 18.9 Å². The van der Waals surface area contributed by atoms with Gasteiger partial charge < -0.3 is 62.6 Å². The number of ether oxygens (including phenoxy) is 9. The number of carbonyl (C=O) groups excluding carboxylic acids is 1. The standard InChI is InChI=1S/C29H33O15P/c1-11-38-9-20-26(42-11)23(30)24(31)29(43-20)44-25-14-7-17-16(40-10-41-17)6-13(14)21(22-15(25)8-39-28(22)32)12-4-18(36-2)27(45(33,34)35)19(5-12)37-3/h4-7,11,15,20-26,29-31H,8-10H2,1-3H3,(H2,33,34,35)/t11-,15+,20-,21-,22+,23-,24-,25-,26-,29+/m1/s1. The van der Waals surface area contributed by atoms with Gasteiger partial charge in [0, 0.05) is 11.8 Å². The lowest BCUT2D eigenvalue weighted by molar-refractivity contribution is -0.364. The van der Waals surface area contributed by atoms with E-state index in [0.29, 0.717) is 28.2 Å². The molecule has 0 unspecified atom stereocenters. The largest absolute Gasteiger partial charge is 0.496 e. The van der Waals surface area contributed by atoms with Crippen LogP contribution in [0.1, 0.15) is 35.6 Å². The third-order valence-electron chi connectivity index (χ3n) is 9.04. The number of rotatable bonds is 6. The molecule has 0 bridgehead atoms. The minimum Gasteiger partial charge on any atom is -0.496 e. The number of esters is 1. The van der Waals surface area contributed by atoms with E-state index in [4.69, 9.17) is 42.6 Å². The van der Waals surface area contributed by atoms with Gasteiger partial charge in [-0.05, 0) is 47.9 Å². The van der Waals surface area contributed by atoms with Gasteiger partial charge in [0.05, 0.1) is 39.5 Å². The molecule has 0 aromatic heterocycles. The fourth-order valence-corrected chi connectivity index (χ4v) is 7.91. The molecule has 45 heavy (non-hydrogen) atoms. The normalized spacial score (nSPS) is 35.2. The maximum absolute atomic E-state index is 13.5. The van der Waals surface area contributed by atoms with Crippen LogP contribution < -0.4 is 24.3 Å². The molecule has 0 amide bonds. The lowest BCUT2D eigenvalue weighted by Crippen LogP contribution is -2.63. The van der Waals surface area contributed by atoms with Gasteiger partial charge in [-0.1, -0.05) is 0 Å². The molecular formula is C29H33O15P. The Balaban J connectivity index is 1.33. The number of hydrogen-bond acceptors (Lipinski definition) is 13. The van der Waals surface area contributed by atoms with E-state index in [1.165, 1.54) is 26.4 Å². The van der Waals surface area contributed by atoms with Crippen molar-refractivity contribution in [2.45, 2.75) is 55.9 Å². The van der Waals surface area contributed by atoms with Crippen LogP contribution in [0, 0.1) is 11.8 Å². The Morgan fingerprint density at radius 3 is 2.20 bits per heavy atom. The van der Waals surface area contributed by atoms with Crippen LogP contribution in [0.25, 0.3) is 0 Å². The van der Waals surface area contributed by atoms with Gasteiger partial charge in [-0.25, -0.2) is 0 Å². The second-order valence-electron chi connectivity index (χ2n) is 11.5. The summed E-state index contributed by atoms with van der Waals surface area (Å²) in [6, 6.07) is 6.39. The molecule has 244 valence electrons. The summed E-state index contributed by atoms with van der Waals surface area (Å²) in [7, 11) is -2.27. The van der Waals surface area contributed by atoms with Gasteiger partial charge in [0.25, 0.3) is 0 Å². The average molecular weight is 653 g/mol. The zero-order chi connectivity index (χ0) is 31.8. The van der Waals surface area contributed by atoms with Crippen molar-refractivity contribution in [1.29, 1.82) is 0 Å². The van der Waals surface area contributed by atoms with Gasteiger partial charge in [-0.15, -0.1) is 0 Å². The van der Waals surface area contributed by atoms with Crippen molar-refractivity contribution in [3.63, 3.8) is 0 Å². The summed E-state index contributed by atoms with van der Waals surface area (Å²) in [6.07, 6.45) is -7.16. The highest BCUT2D eigenvalue weighted by atomic mass is 31.2. The lowest BCUT2D eigenvalue weighted by atomic mass is 9.66. The highest BCUT2D eigenvalue weighted by Crippen LogP contribution is 2.57. The summed E-state index contributed by atoms with van der Waals surface area (Å²) >= 11 is 0. The van der Waals surface area contributed by atoms with E-state index in [0.717, 1.165) is 0 Å². The summed E-state index contributed by atoms with van der Waals surface area (Å²) in [6.45, 7) is 1.73. The molecular weight excluding hydrogens is 619 g/mol. The Kier molecular flexibility index (Phi) is 7.75. The molecule has 0 spiro atoms. The van der Waals surface area contributed by atoms with E-state index in [-0.39, 0.29) is 31.5 Å². The first-order chi connectivity index (χ1) is 21.5. The van der Waals surface area contributed by atoms with Crippen LogP contribution in [0.4, 0.5) is 0 Å². The van der Waals surface area contributed by atoms with Crippen LogP contribution in [0.3, 0.4) is 0 Å². The number of aliphatic hydroxyl groups excluding tert-OH is 2. The molecule has 15 nitrogen and oxygen atoms in total. The van der Waals surface area contributed by atoms with E-state index in [1.807, 2.05) is 0 Å². The van der Waals surface area contributed by atoms with Gasteiger partial charge in [-0.3, -0.25) is 9.36 Å². The van der Waals surface area contributed by atoms with Crippen LogP contribution >= 0.6 is 7.60 Å². The molecule has 2 aromatic carbocycles. The summed E-state index contributed by atoms with van der Waals surface area (Å²) in [4.78, 5) is 33.6. The summed E-state index contributed by atoms with van der Waals surface area (Å²) in [5.74, 6) is -2.08. The van der Waals surface area contributed by atoms with E-state index in [1.54, 1.807) is 19.1 Å². The maximum atomic E-state index is 13.5. The first-order valence-corrected chi connectivity index (χ1v) is 16.0. The monoisotopic (exact) mass is 652 g/mol. The summed E-state index contributed by atoms with van der Waals surface area (Å²) in [5.41, 5.74) is 1.63. The Morgan fingerprint density at radius 1 is 0.889 bits per heavy atom. The number of carbonyl (C=O) groups is 1. The van der Waals surface area contributed by atoms with Gasteiger partial charge in [0.1, 0.15) is 41.2 Å². The second-order valence-corrected chi connectivity index (χ2v) is 13.1. The van der Waals surface area contributed by atoms with Crippen molar-refractivity contribution in [2.24, 2.45) is 11.8 Å². The number of cyclic esters (lactones) is 1. The number of fused-ring (bicyclic) bond motifs is 4. The maximum Gasteiger partial charge on any atom is 0.363 e. The molecule has 5 aliphatic rings. The highest BCUT2D eigenvalue weighted by molar-refractivity contribution is 7.60. The zero-order valence-corrected chi connectivity index (χ0v) is 25.3. The second kappa shape index (κ2) is 11.4. The Morgan fingerprint density at radius 2 is 1.56 bits per heavy atom. The average Bonchev–Trinajstić information content (AvgIpc) is 3.63. The van der Waals surface area contributed by atoms with Gasteiger partial charge >= 0.3 is 13.6 Å². The Labute approximate surface area is 256 Å². The zero-order valence-electron chi connectivity index (χ0n) is 24.4. The van der Waals surface area contributed by atoms with Crippen molar-refractivity contribution in [1.82, 2.24) is 0 Å². The number of benzene rings is 2. The number of aliphatic hydroxyl groups is 2. The molecule has 4 N–H and O–H groups in total. The first-order valence-electron chi connectivity index (χ1n) is 14.4. The van der Waals surface area contributed by atoms with Crippen LogP contribution in [0.15, 0.2) is 24.3 Å². The third kappa shape index (κ3) is 5.07. The van der Waals surface area contributed by atoms with Crippen LogP contribution in [-0.2, 0) is 33.0 Å². The van der Waals surface area contributed by atoms with Crippen molar-refractivity contribution in [3.05, 3.63) is 41.0 Å². The van der Waals surface area contributed by atoms with Gasteiger partial charge in [-0.2, -0.15) is 0 Å². The SMILES string of the molecule is COc1cc([C@@H]2c3cc4c(cc3[C@@H](O[C@@H]3O[C@@H]5CO[C@@H](C)O[C@H]5[C@H](O)[C@H]3O)[C@H]3COC(=O)[C@H]23)OCO4)cc(OC)c1P(=O)(O)O. The van der Waals surface area contributed by atoms with E-state index >= 15 is 0 Å². The molecule has 7 rings (SSSR count). The highest BCUT2D eigenvalue weighted by Gasteiger charge is 2.56. The Bertz CT molecular complexity index is 1510. The smallest absolute Gasteiger partial charge is 0.363 e. The molecule has 0 saturated carbocycles. The molecule has 3 saturated heterocycles. The lowest BCUT2D eigenvalue weighted by Gasteiger charge is -2.47. The molecule has 4 aliphatic heterocycles. The van der Waals surface area contributed by atoms with E-state index in [2.05, 4.69) is 0 Å². The molecule has 3 fully saturated rings. The van der Waals surface area contributed by atoms with Crippen LogP contribution in [0.5, 0.6) is 23.0 Å². The van der Waals surface area contributed by atoms with Gasteiger partial charge in [0.15, 0.2) is 24.1 Å². The summed E-state index contributed by atoms with van der Waals surface area (Å²) in [5, 5.41) is 21.6. The van der Waals surface area contributed by atoms with Crippen LogP contribution in [-0.4, -0.2) is 97.2 Å². The Hall–Kier alpha value is -2.98. The molecule has 1 aliphatic carbocycles. The predicted molar refractivity (Wildman–Crippen MR) is 148 cm³/mol. The van der Waals surface area contributed by atoms with Crippen LogP contribution in [0.2, 0.25) is 0 Å². The van der Waals surface area contributed by atoms with Crippen molar-refractivity contribution < 1.29 is 72.0 Å². The fourth-order valence-electron chi connectivity index (χ4n) is 7.02. The first kappa shape index (κ1) is 30.7. The summed E-state index contributed by atoms with van der Waals surface area (Å²) < 4.78 is 63.8. The van der Waals surface area contributed by atoms with Crippen molar-refractivity contribution in [2.75, 3.05) is 34.2 Å². The van der Waals surface area contributed by atoms with E-state index < -0.39 is 79.7 Å². The van der Waals surface area contributed by atoms with Crippen molar-refractivity contribution in [3.8, 4) is 23.0 Å².